The second-order valence-corrected chi connectivity index (χ2v) is 9.17. The van der Waals surface area contributed by atoms with Gasteiger partial charge >= 0.3 is 0 Å². The molecule has 1 atom stereocenters. The summed E-state index contributed by atoms with van der Waals surface area (Å²) in [7, 11) is 0.838. The fourth-order valence-corrected chi connectivity index (χ4v) is 6.71. The third-order valence-electron chi connectivity index (χ3n) is 4.27. The third-order valence-corrected chi connectivity index (χ3v) is 8.01. The zero-order valence-corrected chi connectivity index (χ0v) is 17.5. The van der Waals surface area contributed by atoms with Crippen LogP contribution in [0.25, 0.3) is 0 Å². The molecule has 6 nitrogen and oxygen atoms in total. The van der Waals surface area contributed by atoms with E-state index in [0.717, 1.165) is 0 Å². The quantitative estimate of drug-likeness (QED) is 0.695. The predicted molar refractivity (Wildman–Crippen MR) is 107 cm³/mol. The van der Waals surface area contributed by atoms with Crippen molar-refractivity contribution in [1.82, 2.24) is 4.31 Å². The van der Waals surface area contributed by atoms with Gasteiger partial charge in [-0.3, -0.25) is 0 Å². The molecule has 2 aromatic carbocycles. The van der Waals surface area contributed by atoms with Crippen LogP contribution in [0.1, 0.15) is 10.9 Å². The lowest BCUT2D eigenvalue weighted by molar-refractivity contribution is 0.344. The fraction of sp³-hybridized carbons (Fsp3) is 0.333. The SMILES string of the molecule is COc1cc(OC)c(C2SCCN2S(=O)(=O)c2ccccc2Cl)cc1OC. The molecule has 9 heteroatoms. The minimum Gasteiger partial charge on any atom is -0.496 e. The summed E-state index contributed by atoms with van der Waals surface area (Å²) < 4.78 is 44.1. The minimum absolute atomic E-state index is 0.0959. The summed E-state index contributed by atoms with van der Waals surface area (Å²) in [5.41, 5.74) is 0.702. The Hall–Kier alpha value is -1.61. The van der Waals surface area contributed by atoms with Crippen LogP contribution in [0.4, 0.5) is 0 Å². The van der Waals surface area contributed by atoms with Crippen molar-refractivity contribution in [2.75, 3.05) is 33.6 Å². The van der Waals surface area contributed by atoms with E-state index in [-0.39, 0.29) is 9.92 Å². The molecule has 1 aliphatic heterocycles. The Labute approximate surface area is 168 Å². The van der Waals surface area contributed by atoms with Crippen molar-refractivity contribution in [3.8, 4) is 17.2 Å². The van der Waals surface area contributed by atoms with Gasteiger partial charge in [-0.25, -0.2) is 8.42 Å². The maximum absolute atomic E-state index is 13.2. The van der Waals surface area contributed by atoms with Gasteiger partial charge in [-0.1, -0.05) is 23.7 Å². The summed E-state index contributed by atoms with van der Waals surface area (Å²) in [6.45, 7) is 0.375. The van der Waals surface area contributed by atoms with Gasteiger partial charge < -0.3 is 14.2 Å². The highest BCUT2D eigenvalue weighted by Gasteiger charge is 2.39. The highest BCUT2D eigenvalue weighted by molar-refractivity contribution is 8.01. The van der Waals surface area contributed by atoms with Crippen LogP contribution in [-0.2, 0) is 10.0 Å². The summed E-state index contributed by atoms with van der Waals surface area (Å²) in [6.07, 6.45) is 0. The van der Waals surface area contributed by atoms with Crippen molar-refractivity contribution >= 4 is 33.4 Å². The van der Waals surface area contributed by atoms with Crippen molar-refractivity contribution in [1.29, 1.82) is 0 Å². The largest absolute Gasteiger partial charge is 0.496 e. The zero-order chi connectivity index (χ0) is 19.6. The molecule has 146 valence electrons. The lowest BCUT2D eigenvalue weighted by Gasteiger charge is -2.26. The van der Waals surface area contributed by atoms with Crippen molar-refractivity contribution in [3.63, 3.8) is 0 Å². The molecule has 2 aromatic rings. The number of rotatable bonds is 6. The maximum atomic E-state index is 13.2. The molecule has 0 aromatic heterocycles. The molecule has 0 saturated carbocycles. The fourth-order valence-electron chi connectivity index (χ4n) is 2.97. The van der Waals surface area contributed by atoms with Crippen LogP contribution in [0, 0.1) is 0 Å². The molecular formula is C18H20ClNO5S2. The van der Waals surface area contributed by atoms with E-state index in [1.807, 2.05) is 0 Å². The van der Waals surface area contributed by atoms with Gasteiger partial charge in [0.25, 0.3) is 0 Å². The molecular weight excluding hydrogens is 410 g/mol. The number of benzene rings is 2. The van der Waals surface area contributed by atoms with Gasteiger partial charge in [-0.2, -0.15) is 4.31 Å². The van der Waals surface area contributed by atoms with Crippen molar-refractivity contribution < 1.29 is 22.6 Å². The summed E-state index contributed by atoms with van der Waals surface area (Å²) in [4.78, 5) is 0.0959. The molecule has 1 saturated heterocycles. The molecule has 0 bridgehead atoms. The summed E-state index contributed by atoms with van der Waals surface area (Å²) >= 11 is 7.67. The minimum atomic E-state index is -3.77. The van der Waals surface area contributed by atoms with Crippen LogP contribution in [0.2, 0.25) is 5.02 Å². The van der Waals surface area contributed by atoms with E-state index in [9.17, 15) is 8.42 Å². The van der Waals surface area contributed by atoms with Gasteiger partial charge in [0, 0.05) is 23.9 Å². The van der Waals surface area contributed by atoms with Crippen LogP contribution in [0.5, 0.6) is 17.2 Å². The number of sulfonamides is 1. The highest BCUT2D eigenvalue weighted by atomic mass is 35.5. The Morgan fingerprint density at radius 2 is 1.67 bits per heavy atom. The number of nitrogens with zero attached hydrogens (tertiary/aromatic N) is 1. The smallest absolute Gasteiger partial charge is 0.245 e. The van der Waals surface area contributed by atoms with Gasteiger partial charge in [0.15, 0.2) is 11.5 Å². The maximum Gasteiger partial charge on any atom is 0.245 e. The van der Waals surface area contributed by atoms with Gasteiger partial charge in [0.05, 0.1) is 31.7 Å². The summed E-state index contributed by atoms with van der Waals surface area (Å²) in [5.74, 6) is 2.22. The van der Waals surface area contributed by atoms with E-state index in [4.69, 9.17) is 25.8 Å². The van der Waals surface area contributed by atoms with Crippen LogP contribution in [-0.4, -0.2) is 46.4 Å². The molecule has 1 aliphatic rings. The normalized spacial score (nSPS) is 17.7. The van der Waals surface area contributed by atoms with E-state index in [1.165, 1.54) is 43.5 Å². The summed E-state index contributed by atoms with van der Waals surface area (Å²) in [5, 5.41) is -0.256. The van der Waals surface area contributed by atoms with Gasteiger partial charge in [-0.05, 0) is 18.2 Å². The molecule has 0 aliphatic carbocycles. The highest BCUT2D eigenvalue weighted by Crippen LogP contribution is 2.48. The number of halogens is 1. The van der Waals surface area contributed by atoms with Crippen LogP contribution < -0.4 is 14.2 Å². The molecule has 0 radical (unpaired) electrons. The van der Waals surface area contributed by atoms with Gasteiger partial charge in [0.1, 0.15) is 10.6 Å². The van der Waals surface area contributed by atoms with E-state index < -0.39 is 15.4 Å². The van der Waals surface area contributed by atoms with E-state index in [2.05, 4.69) is 0 Å². The average molecular weight is 430 g/mol. The molecule has 0 N–H and O–H groups in total. The number of methoxy groups -OCH3 is 3. The van der Waals surface area contributed by atoms with E-state index in [1.54, 1.807) is 30.3 Å². The zero-order valence-electron chi connectivity index (χ0n) is 15.1. The Morgan fingerprint density at radius 1 is 1.04 bits per heavy atom. The van der Waals surface area contributed by atoms with Crippen LogP contribution >= 0.6 is 23.4 Å². The monoisotopic (exact) mass is 429 g/mol. The Balaban J connectivity index is 2.08. The van der Waals surface area contributed by atoms with Crippen molar-refractivity contribution in [3.05, 3.63) is 47.0 Å². The first-order chi connectivity index (χ1) is 12.9. The van der Waals surface area contributed by atoms with Gasteiger partial charge in [0.2, 0.25) is 10.0 Å². The first-order valence-corrected chi connectivity index (χ1v) is 11.0. The topological polar surface area (TPSA) is 65.1 Å². The Morgan fingerprint density at radius 3 is 2.30 bits per heavy atom. The average Bonchev–Trinajstić information content (AvgIpc) is 3.17. The molecule has 3 rings (SSSR count). The second kappa shape index (κ2) is 8.18. The van der Waals surface area contributed by atoms with Crippen molar-refractivity contribution in [2.24, 2.45) is 0 Å². The lowest BCUT2D eigenvalue weighted by atomic mass is 10.1. The molecule has 0 spiro atoms. The molecule has 1 unspecified atom stereocenters. The molecule has 1 heterocycles. The second-order valence-electron chi connectivity index (χ2n) is 5.72. The Bertz CT molecular complexity index is 935. The molecule has 1 fully saturated rings. The molecule has 0 amide bonds. The predicted octanol–water partition coefficient (Wildman–Crippen LogP) is 3.80. The third kappa shape index (κ3) is 3.71. The summed E-state index contributed by atoms with van der Waals surface area (Å²) in [6, 6.07) is 9.92. The standard InChI is InChI=1S/C18H20ClNO5S2/c1-23-14-11-16(25-3)15(24-2)10-12(14)18-20(8-9-26-18)27(21,22)17-7-5-4-6-13(17)19/h4-7,10-11,18H,8-9H2,1-3H3. The lowest BCUT2D eigenvalue weighted by Crippen LogP contribution is -2.31. The van der Waals surface area contributed by atoms with Gasteiger partial charge in [-0.15, -0.1) is 11.8 Å². The Kier molecular flexibility index (Phi) is 6.10. The molecule has 27 heavy (non-hydrogen) atoms. The van der Waals surface area contributed by atoms with E-state index in [0.29, 0.717) is 35.1 Å². The number of thioether (sulfide) groups is 1. The number of hydrogen-bond acceptors (Lipinski definition) is 6. The van der Waals surface area contributed by atoms with E-state index >= 15 is 0 Å². The van der Waals surface area contributed by atoms with Crippen LogP contribution in [0.15, 0.2) is 41.3 Å². The number of ether oxygens (including phenoxy) is 3. The van der Waals surface area contributed by atoms with Crippen LogP contribution in [0.3, 0.4) is 0 Å². The first-order valence-electron chi connectivity index (χ1n) is 8.12. The first kappa shape index (κ1) is 20.1. The number of hydrogen-bond donors (Lipinski definition) is 0. The van der Waals surface area contributed by atoms with Crippen molar-refractivity contribution in [2.45, 2.75) is 10.3 Å².